The van der Waals surface area contributed by atoms with Gasteiger partial charge in [-0.1, -0.05) is 18.2 Å². The Bertz CT molecular complexity index is 487. The summed E-state index contributed by atoms with van der Waals surface area (Å²) in [5.74, 6) is -0.335. The van der Waals surface area contributed by atoms with Crippen molar-refractivity contribution < 1.29 is 9.90 Å². The monoisotopic (exact) mass is 276 g/mol. The van der Waals surface area contributed by atoms with Crippen molar-refractivity contribution in [1.82, 2.24) is 4.90 Å². The first-order chi connectivity index (χ1) is 9.45. The Labute approximate surface area is 120 Å². The lowest BCUT2D eigenvalue weighted by molar-refractivity contribution is -0.137. The molecule has 1 aromatic carbocycles. The maximum Gasteiger partial charge on any atom is 0.304 e. The summed E-state index contributed by atoms with van der Waals surface area (Å²) >= 11 is 0. The Morgan fingerprint density at radius 2 is 2.10 bits per heavy atom. The van der Waals surface area contributed by atoms with Crippen LogP contribution < -0.4 is 5.73 Å². The van der Waals surface area contributed by atoms with Crippen LogP contribution in [0, 0.1) is 13.8 Å². The van der Waals surface area contributed by atoms with Crippen molar-refractivity contribution in [3.05, 3.63) is 34.9 Å². The summed E-state index contributed by atoms with van der Waals surface area (Å²) in [4.78, 5) is 12.9. The van der Waals surface area contributed by atoms with Crippen molar-refractivity contribution in [2.45, 2.75) is 38.6 Å². The SMILES string of the molecule is Cc1ccc(C2CC(N)CN(CCC(=O)O)C2)cc1C. The van der Waals surface area contributed by atoms with Gasteiger partial charge in [0, 0.05) is 25.7 Å². The van der Waals surface area contributed by atoms with Crippen LogP contribution in [0.1, 0.15) is 35.4 Å². The molecule has 0 bridgehead atoms. The van der Waals surface area contributed by atoms with E-state index in [1.165, 1.54) is 16.7 Å². The van der Waals surface area contributed by atoms with Gasteiger partial charge in [0.05, 0.1) is 6.42 Å². The molecule has 0 amide bonds. The van der Waals surface area contributed by atoms with E-state index in [1.54, 1.807) is 0 Å². The maximum atomic E-state index is 10.7. The molecule has 2 atom stereocenters. The van der Waals surface area contributed by atoms with Crippen molar-refractivity contribution in [3.63, 3.8) is 0 Å². The third kappa shape index (κ3) is 3.81. The van der Waals surface area contributed by atoms with Gasteiger partial charge in [0.15, 0.2) is 0 Å². The Morgan fingerprint density at radius 3 is 2.75 bits per heavy atom. The lowest BCUT2D eigenvalue weighted by Crippen LogP contribution is -2.46. The fourth-order valence-electron chi connectivity index (χ4n) is 2.93. The minimum absolute atomic E-state index is 0.129. The number of aliphatic carboxylic acids is 1. The highest BCUT2D eigenvalue weighted by atomic mass is 16.4. The van der Waals surface area contributed by atoms with Crippen molar-refractivity contribution in [3.8, 4) is 0 Å². The van der Waals surface area contributed by atoms with E-state index in [-0.39, 0.29) is 12.5 Å². The van der Waals surface area contributed by atoms with Crippen LogP contribution in [0.3, 0.4) is 0 Å². The predicted molar refractivity (Wildman–Crippen MR) is 79.9 cm³/mol. The van der Waals surface area contributed by atoms with Crippen LogP contribution in [0.5, 0.6) is 0 Å². The molecule has 1 heterocycles. The summed E-state index contributed by atoms with van der Waals surface area (Å²) in [5.41, 5.74) is 10.1. The van der Waals surface area contributed by atoms with Gasteiger partial charge in [-0.3, -0.25) is 4.79 Å². The van der Waals surface area contributed by atoms with Gasteiger partial charge in [0.1, 0.15) is 0 Å². The molecule has 1 saturated heterocycles. The van der Waals surface area contributed by atoms with E-state index in [1.807, 2.05) is 0 Å². The lowest BCUT2D eigenvalue weighted by Gasteiger charge is -2.36. The normalized spacial score (nSPS) is 23.8. The molecular formula is C16H24N2O2. The molecule has 1 aromatic rings. The Hall–Kier alpha value is -1.39. The highest BCUT2D eigenvalue weighted by Crippen LogP contribution is 2.27. The fourth-order valence-corrected chi connectivity index (χ4v) is 2.93. The molecule has 0 radical (unpaired) electrons. The molecule has 0 spiro atoms. The molecule has 3 N–H and O–H groups in total. The summed E-state index contributed by atoms with van der Waals surface area (Å²) in [7, 11) is 0. The zero-order chi connectivity index (χ0) is 14.7. The largest absolute Gasteiger partial charge is 0.481 e. The average Bonchev–Trinajstić information content (AvgIpc) is 2.39. The quantitative estimate of drug-likeness (QED) is 0.881. The van der Waals surface area contributed by atoms with Crippen LogP contribution in [0.2, 0.25) is 0 Å². The van der Waals surface area contributed by atoms with E-state index in [0.717, 1.165) is 19.5 Å². The van der Waals surface area contributed by atoms with E-state index in [9.17, 15) is 4.79 Å². The van der Waals surface area contributed by atoms with Crippen LogP contribution in [0.15, 0.2) is 18.2 Å². The van der Waals surface area contributed by atoms with Gasteiger partial charge >= 0.3 is 5.97 Å². The molecule has 110 valence electrons. The molecule has 4 nitrogen and oxygen atoms in total. The van der Waals surface area contributed by atoms with Crippen molar-refractivity contribution in [1.29, 1.82) is 0 Å². The van der Waals surface area contributed by atoms with Crippen LogP contribution >= 0.6 is 0 Å². The number of hydrogen-bond donors (Lipinski definition) is 2. The molecule has 2 rings (SSSR count). The number of nitrogens with two attached hydrogens (primary N) is 1. The average molecular weight is 276 g/mol. The van der Waals surface area contributed by atoms with Crippen LogP contribution in [0.25, 0.3) is 0 Å². The number of carboxylic acids is 1. The predicted octanol–water partition coefficient (Wildman–Crippen LogP) is 1.89. The molecule has 0 aliphatic carbocycles. The first kappa shape index (κ1) is 15.0. The fraction of sp³-hybridized carbons (Fsp3) is 0.562. The third-order valence-electron chi connectivity index (χ3n) is 4.20. The van der Waals surface area contributed by atoms with Gasteiger partial charge in [0.2, 0.25) is 0 Å². The molecular weight excluding hydrogens is 252 g/mol. The number of benzene rings is 1. The minimum atomic E-state index is -0.744. The molecule has 20 heavy (non-hydrogen) atoms. The second-order valence-corrected chi connectivity index (χ2v) is 5.94. The molecule has 1 aliphatic heterocycles. The van der Waals surface area contributed by atoms with Gasteiger partial charge in [-0.2, -0.15) is 0 Å². The zero-order valence-corrected chi connectivity index (χ0v) is 12.3. The standard InChI is InChI=1S/C16H24N2O2/c1-11-3-4-13(7-12(11)2)14-8-15(17)10-18(9-14)6-5-16(19)20/h3-4,7,14-15H,5-6,8-10,17H2,1-2H3,(H,19,20). The molecule has 1 aliphatic rings. The van der Waals surface area contributed by atoms with Crippen molar-refractivity contribution >= 4 is 5.97 Å². The molecule has 0 saturated carbocycles. The summed E-state index contributed by atoms with van der Waals surface area (Å²) < 4.78 is 0. The second kappa shape index (κ2) is 6.37. The smallest absolute Gasteiger partial charge is 0.304 e. The van der Waals surface area contributed by atoms with E-state index in [4.69, 9.17) is 10.8 Å². The number of carboxylic acid groups (broad SMARTS) is 1. The second-order valence-electron chi connectivity index (χ2n) is 5.94. The molecule has 1 fully saturated rings. The Morgan fingerprint density at radius 1 is 1.35 bits per heavy atom. The number of aryl methyl sites for hydroxylation is 2. The number of nitrogens with zero attached hydrogens (tertiary/aromatic N) is 1. The van der Waals surface area contributed by atoms with Gasteiger partial charge in [0.25, 0.3) is 0 Å². The summed E-state index contributed by atoms with van der Waals surface area (Å²) in [6.07, 6.45) is 1.17. The third-order valence-corrected chi connectivity index (χ3v) is 4.20. The van der Waals surface area contributed by atoms with Crippen LogP contribution in [-0.2, 0) is 4.79 Å². The van der Waals surface area contributed by atoms with Gasteiger partial charge in [-0.15, -0.1) is 0 Å². The number of hydrogen-bond acceptors (Lipinski definition) is 3. The van der Waals surface area contributed by atoms with Crippen LogP contribution in [-0.4, -0.2) is 41.7 Å². The molecule has 0 aromatic heterocycles. The van der Waals surface area contributed by atoms with Crippen LogP contribution in [0.4, 0.5) is 0 Å². The maximum absolute atomic E-state index is 10.7. The Kier molecular flexibility index (Phi) is 4.78. The lowest BCUT2D eigenvalue weighted by atomic mass is 9.87. The number of piperidine rings is 1. The molecule has 2 unspecified atom stereocenters. The molecule has 4 heteroatoms. The number of rotatable bonds is 4. The Balaban J connectivity index is 2.06. The van der Waals surface area contributed by atoms with Crippen molar-refractivity contribution in [2.24, 2.45) is 5.73 Å². The minimum Gasteiger partial charge on any atom is -0.481 e. The zero-order valence-electron chi connectivity index (χ0n) is 12.3. The van der Waals surface area contributed by atoms with Gasteiger partial charge in [-0.25, -0.2) is 0 Å². The van der Waals surface area contributed by atoms with Gasteiger partial charge < -0.3 is 15.7 Å². The van der Waals surface area contributed by atoms with E-state index < -0.39 is 5.97 Å². The summed E-state index contributed by atoms with van der Waals surface area (Å²) in [6.45, 7) is 6.54. The summed E-state index contributed by atoms with van der Waals surface area (Å²) in [6, 6.07) is 6.71. The topological polar surface area (TPSA) is 66.6 Å². The first-order valence-electron chi connectivity index (χ1n) is 7.22. The van der Waals surface area contributed by atoms with E-state index >= 15 is 0 Å². The first-order valence-corrected chi connectivity index (χ1v) is 7.22. The number of carbonyl (C=O) groups is 1. The van der Waals surface area contributed by atoms with E-state index in [0.29, 0.717) is 12.5 Å². The highest BCUT2D eigenvalue weighted by molar-refractivity contribution is 5.66. The van der Waals surface area contributed by atoms with Crippen molar-refractivity contribution in [2.75, 3.05) is 19.6 Å². The highest BCUT2D eigenvalue weighted by Gasteiger charge is 2.26. The summed E-state index contributed by atoms with van der Waals surface area (Å²) in [5, 5.41) is 8.80. The van der Waals surface area contributed by atoms with Gasteiger partial charge in [-0.05, 0) is 42.9 Å². The van der Waals surface area contributed by atoms with E-state index in [2.05, 4.69) is 36.9 Å². The number of likely N-dealkylation sites (tertiary alicyclic amines) is 1.